The summed E-state index contributed by atoms with van der Waals surface area (Å²) < 4.78 is 5.67. The molecule has 0 N–H and O–H groups in total. The van der Waals surface area contributed by atoms with E-state index in [9.17, 15) is 4.79 Å². The Kier molecular flexibility index (Phi) is 3.32. The van der Waals surface area contributed by atoms with E-state index in [1.807, 2.05) is 38.1 Å². The molecule has 0 fully saturated rings. The molecule has 1 heterocycles. The molecule has 0 radical (unpaired) electrons. The number of ether oxygens (including phenoxy) is 1. The van der Waals surface area contributed by atoms with Gasteiger partial charge in [-0.05, 0) is 56.0 Å². The second-order valence-electron chi connectivity index (χ2n) is 5.90. The first-order valence-corrected chi connectivity index (χ1v) is 7.34. The van der Waals surface area contributed by atoms with Crippen LogP contribution >= 0.6 is 0 Å². The lowest BCUT2D eigenvalue weighted by atomic mass is 9.85. The number of fused-ring (bicyclic) bond motifs is 1. The SMILES string of the molecule is Cc1cc(C)c(C)c(C(=O)C2COc3ccccc32)c1C. The zero-order valence-electron chi connectivity index (χ0n) is 13.0. The molecule has 0 saturated carbocycles. The van der Waals surface area contributed by atoms with Crippen LogP contribution < -0.4 is 4.74 Å². The molecule has 2 aromatic carbocycles. The largest absolute Gasteiger partial charge is 0.492 e. The van der Waals surface area contributed by atoms with E-state index in [0.29, 0.717) is 6.61 Å². The zero-order chi connectivity index (χ0) is 15.1. The second-order valence-corrected chi connectivity index (χ2v) is 5.90. The van der Waals surface area contributed by atoms with Crippen molar-refractivity contribution in [3.05, 3.63) is 63.7 Å². The maximum Gasteiger partial charge on any atom is 0.174 e. The van der Waals surface area contributed by atoms with Gasteiger partial charge in [0.15, 0.2) is 5.78 Å². The number of aryl methyl sites for hydroxylation is 2. The Balaban J connectivity index is 2.09. The van der Waals surface area contributed by atoms with Crippen LogP contribution in [0.5, 0.6) is 5.75 Å². The number of rotatable bonds is 2. The molecule has 0 saturated heterocycles. The summed E-state index contributed by atoms with van der Waals surface area (Å²) in [7, 11) is 0. The normalized spacial score (nSPS) is 16.5. The van der Waals surface area contributed by atoms with Crippen LogP contribution in [0.15, 0.2) is 30.3 Å². The van der Waals surface area contributed by atoms with E-state index in [1.165, 1.54) is 11.1 Å². The van der Waals surface area contributed by atoms with Crippen molar-refractivity contribution in [2.45, 2.75) is 33.6 Å². The van der Waals surface area contributed by atoms with Crippen molar-refractivity contribution in [1.29, 1.82) is 0 Å². The lowest BCUT2D eigenvalue weighted by Gasteiger charge is -2.17. The second kappa shape index (κ2) is 5.03. The van der Waals surface area contributed by atoms with Crippen molar-refractivity contribution in [1.82, 2.24) is 0 Å². The lowest BCUT2D eigenvalue weighted by Crippen LogP contribution is -2.18. The molecule has 0 bridgehead atoms. The fraction of sp³-hybridized carbons (Fsp3) is 0.316. The quantitative estimate of drug-likeness (QED) is 0.767. The average Bonchev–Trinajstić information content (AvgIpc) is 2.89. The van der Waals surface area contributed by atoms with Gasteiger partial charge in [0, 0.05) is 11.1 Å². The molecule has 108 valence electrons. The third-order valence-electron chi connectivity index (χ3n) is 4.63. The van der Waals surface area contributed by atoms with Crippen molar-refractivity contribution < 1.29 is 9.53 Å². The highest BCUT2D eigenvalue weighted by atomic mass is 16.5. The van der Waals surface area contributed by atoms with E-state index in [-0.39, 0.29) is 11.7 Å². The van der Waals surface area contributed by atoms with Crippen molar-refractivity contribution in [3.63, 3.8) is 0 Å². The Hall–Kier alpha value is -2.09. The molecule has 0 aliphatic carbocycles. The number of benzene rings is 2. The fourth-order valence-electron chi connectivity index (χ4n) is 3.14. The highest BCUT2D eigenvalue weighted by Gasteiger charge is 2.32. The van der Waals surface area contributed by atoms with Gasteiger partial charge in [-0.15, -0.1) is 0 Å². The number of para-hydroxylation sites is 1. The first kappa shape index (κ1) is 13.9. The number of carbonyl (C=O) groups excluding carboxylic acids is 1. The lowest BCUT2D eigenvalue weighted by molar-refractivity contribution is 0.0946. The standard InChI is InChI=1S/C19H20O2/c1-11-9-12(2)14(4)18(13(11)3)19(20)16-10-21-17-8-6-5-7-15(16)17/h5-9,16H,10H2,1-4H3. The van der Waals surface area contributed by atoms with Gasteiger partial charge < -0.3 is 4.74 Å². The summed E-state index contributed by atoms with van der Waals surface area (Å²) >= 11 is 0. The summed E-state index contributed by atoms with van der Waals surface area (Å²) in [5.41, 5.74) is 6.42. The molecule has 2 aromatic rings. The van der Waals surface area contributed by atoms with E-state index >= 15 is 0 Å². The van der Waals surface area contributed by atoms with Gasteiger partial charge in [-0.3, -0.25) is 4.79 Å². The van der Waals surface area contributed by atoms with Gasteiger partial charge in [0.25, 0.3) is 0 Å². The van der Waals surface area contributed by atoms with Crippen LogP contribution in [-0.2, 0) is 0 Å². The molecule has 0 amide bonds. The van der Waals surface area contributed by atoms with Crippen LogP contribution in [0.1, 0.15) is 44.1 Å². The van der Waals surface area contributed by atoms with E-state index in [1.54, 1.807) is 0 Å². The minimum absolute atomic E-state index is 0.181. The average molecular weight is 280 g/mol. The zero-order valence-corrected chi connectivity index (χ0v) is 13.0. The molecule has 1 aliphatic heterocycles. The van der Waals surface area contributed by atoms with Crippen molar-refractivity contribution in [3.8, 4) is 5.75 Å². The molecule has 1 unspecified atom stereocenters. The summed E-state index contributed by atoms with van der Waals surface area (Å²) in [6, 6.07) is 10.00. The first-order chi connectivity index (χ1) is 10.0. The Labute approximate surface area is 125 Å². The molecular formula is C19H20O2. The van der Waals surface area contributed by atoms with Crippen LogP contribution in [0, 0.1) is 27.7 Å². The first-order valence-electron chi connectivity index (χ1n) is 7.34. The number of Topliss-reactive ketones (excluding diaryl/α,β-unsaturated/α-hetero) is 1. The minimum Gasteiger partial charge on any atom is -0.492 e. The molecule has 0 spiro atoms. The highest BCUT2D eigenvalue weighted by molar-refractivity contribution is 6.04. The third kappa shape index (κ3) is 2.15. The molecule has 2 heteroatoms. The van der Waals surface area contributed by atoms with Crippen LogP contribution in [0.4, 0.5) is 0 Å². The molecule has 1 aliphatic rings. The highest BCUT2D eigenvalue weighted by Crippen LogP contribution is 2.37. The van der Waals surface area contributed by atoms with E-state index in [0.717, 1.165) is 28.0 Å². The topological polar surface area (TPSA) is 26.3 Å². The Morgan fingerprint density at radius 1 is 1.05 bits per heavy atom. The third-order valence-corrected chi connectivity index (χ3v) is 4.63. The minimum atomic E-state index is -0.181. The summed E-state index contributed by atoms with van der Waals surface area (Å²) in [5, 5.41) is 0. The van der Waals surface area contributed by atoms with Crippen molar-refractivity contribution in [2.24, 2.45) is 0 Å². The van der Waals surface area contributed by atoms with Gasteiger partial charge in [0.1, 0.15) is 12.4 Å². The van der Waals surface area contributed by atoms with E-state index < -0.39 is 0 Å². The molecule has 21 heavy (non-hydrogen) atoms. The number of ketones is 1. The molecular weight excluding hydrogens is 260 g/mol. The van der Waals surface area contributed by atoms with Gasteiger partial charge >= 0.3 is 0 Å². The van der Waals surface area contributed by atoms with Crippen LogP contribution in [0.3, 0.4) is 0 Å². The monoisotopic (exact) mass is 280 g/mol. The fourth-order valence-corrected chi connectivity index (χ4v) is 3.14. The van der Waals surface area contributed by atoms with Crippen molar-refractivity contribution in [2.75, 3.05) is 6.61 Å². The summed E-state index contributed by atoms with van der Waals surface area (Å²) in [6.45, 7) is 8.66. The molecule has 3 rings (SSSR count). The Morgan fingerprint density at radius 2 is 1.67 bits per heavy atom. The van der Waals surface area contributed by atoms with Crippen LogP contribution in [0.2, 0.25) is 0 Å². The predicted molar refractivity (Wildman–Crippen MR) is 84.4 cm³/mol. The molecule has 2 nitrogen and oxygen atoms in total. The number of hydrogen-bond donors (Lipinski definition) is 0. The van der Waals surface area contributed by atoms with Gasteiger partial charge in [-0.25, -0.2) is 0 Å². The maximum absolute atomic E-state index is 13.1. The summed E-state index contributed by atoms with van der Waals surface area (Å²) in [4.78, 5) is 13.1. The van der Waals surface area contributed by atoms with Gasteiger partial charge in [0.05, 0.1) is 5.92 Å². The molecule has 1 atom stereocenters. The maximum atomic E-state index is 13.1. The van der Waals surface area contributed by atoms with Crippen molar-refractivity contribution >= 4 is 5.78 Å². The summed E-state index contributed by atoms with van der Waals surface area (Å²) in [5.74, 6) is 0.845. The van der Waals surface area contributed by atoms with E-state index in [2.05, 4.69) is 19.9 Å². The summed E-state index contributed by atoms with van der Waals surface area (Å²) in [6.07, 6.45) is 0. The number of hydrogen-bond acceptors (Lipinski definition) is 2. The van der Waals surface area contributed by atoms with E-state index in [4.69, 9.17) is 4.74 Å². The number of carbonyl (C=O) groups is 1. The Bertz CT molecular complexity index is 702. The smallest absolute Gasteiger partial charge is 0.174 e. The van der Waals surface area contributed by atoms with Crippen LogP contribution in [-0.4, -0.2) is 12.4 Å². The molecule has 0 aromatic heterocycles. The van der Waals surface area contributed by atoms with Gasteiger partial charge in [-0.2, -0.15) is 0 Å². The van der Waals surface area contributed by atoms with Gasteiger partial charge in [-0.1, -0.05) is 24.3 Å². The predicted octanol–water partition coefficient (Wildman–Crippen LogP) is 4.28. The Morgan fingerprint density at radius 3 is 2.33 bits per heavy atom. The van der Waals surface area contributed by atoms with Gasteiger partial charge in [0.2, 0.25) is 0 Å². The van der Waals surface area contributed by atoms with Crippen LogP contribution in [0.25, 0.3) is 0 Å².